The predicted molar refractivity (Wildman–Crippen MR) is 50.4 cm³/mol. The molecule has 3 unspecified atom stereocenters. The van der Waals surface area contributed by atoms with Crippen molar-refractivity contribution < 1.29 is 0 Å². The second-order valence-electron chi connectivity index (χ2n) is 4.08. The third-order valence-corrected chi connectivity index (χ3v) is 3.08. The largest absolute Gasteiger partial charge is 0.103 e. The molecule has 11 heavy (non-hydrogen) atoms. The van der Waals surface area contributed by atoms with Gasteiger partial charge in [-0.25, -0.2) is 0 Å². The Bertz CT molecular complexity index is 135. The fourth-order valence-electron chi connectivity index (χ4n) is 2.56. The quantitative estimate of drug-likeness (QED) is 0.541. The molecule has 64 valence electrons. The summed E-state index contributed by atoms with van der Waals surface area (Å²) >= 11 is 0. The van der Waals surface area contributed by atoms with Gasteiger partial charge in [0.15, 0.2) is 0 Å². The van der Waals surface area contributed by atoms with E-state index in [1.165, 1.54) is 12.8 Å². The summed E-state index contributed by atoms with van der Waals surface area (Å²) in [5, 5.41) is 0. The van der Waals surface area contributed by atoms with Crippen molar-refractivity contribution in [3.8, 4) is 0 Å². The lowest BCUT2D eigenvalue weighted by Crippen LogP contribution is -1.92. The van der Waals surface area contributed by atoms with Crippen LogP contribution in [0.3, 0.4) is 0 Å². The first-order valence-corrected chi connectivity index (χ1v) is 4.83. The van der Waals surface area contributed by atoms with Crippen LogP contribution < -0.4 is 0 Å². The molecule has 0 aromatic carbocycles. The van der Waals surface area contributed by atoms with Gasteiger partial charge in [0.2, 0.25) is 0 Å². The molecule has 0 spiro atoms. The van der Waals surface area contributed by atoms with Gasteiger partial charge in [-0.15, -0.1) is 6.58 Å². The third-order valence-electron chi connectivity index (χ3n) is 3.08. The summed E-state index contributed by atoms with van der Waals surface area (Å²) < 4.78 is 0. The highest BCUT2D eigenvalue weighted by Gasteiger charge is 2.48. The van der Waals surface area contributed by atoms with E-state index in [-0.39, 0.29) is 0 Å². The standard InChI is InChI=1S/C11H20/c1-5-7-10-9(6-2)11(10)8(3)4/h5,8-11H,1,6-7H2,2-4H3. The second kappa shape index (κ2) is 3.42. The topological polar surface area (TPSA) is 0 Å². The molecule has 0 heteroatoms. The summed E-state index contributed by atoms with van der Waals surface area (Å²) in [6.45, 7) is 10.8. The fraction of sp³-hybridized carbons (Fsp3) is 0.818. The van der Waals surface area contributed by atoms with E-state index < -0.39 is 0 Å². The molecule has 0 nitrogen and oxygen atoms in total. The summed E-state index contributed by atoms with van der Waals surface area (Å²) in [5.74, 6) is 3.85. The molecule has 0 aliphatic heterocycles. The van der Waals surface area contributed by atoms with Crippen LogP contribution in [0.15, 0.2) is 12.7 Å². The van der Waals surface area contributed by atoms with E-state index in [0.29, 0.717) is 0 Å². The summed E-state index contributed by atoms with van der Waals surface area (Å²) in [6, 6.07) is 0. The monoisotopic (exact) mass is 152 g/mol. The van der Waals surface area contributed by atoms with E-state index in [2.05, 4.69) is 33.4 Å². The SMILES string of the molecule is C=CCC1C(CC)C1C(C)C. The summed E-state index contributed by atoms with van der Waals surface area (Å²) in [7, 11) is 0. The molecule has 1 rings (SSSR count). The first-order valence-electron chi connectivity index (χ1n) is 4.83. The van der Waals surface area contributed by atoms with Gasteiger partial charge in [-0.3, -0.25) is 0 Å². The molecule has 0 aromatic heterocycles. The molecule has 1 aliphatic rings. The van der Waals surface area contributed by atoms with Crippen molar-refractivity contribution in [3.63, 3.8) is 0 Å². The Balaban J connectivity index is 2.38. The highest BCUT2D eigenvalue weighted by Crippen LogP contribution is 2.54. The van der Waals surface area contributed by atoms with Gasteiger partial charge in [0.1, 0.15) is 0 Å². The van der Waals surface area contributed by atoms with Crippen LogP contribution in [0.25, 0.3) is 0 Å². The van der Waals surface area contributed by atoms with Crippen molar-refractivity contribution in [3.05, 3.63) is 12.7 Å². The minimum absolute atomic E-state index is 0.880. The van der Waals surface area contributed by atoms with Crippen molar-refractivity contribution in [2.24, 2.45) is 23.7 Å². The van der Waals surface area contributed by atoms with Crippen LogP contribution in [0, 0.1) is 23.7 Å². The predicted octanol–water partition coefficient (Wildman–Crippen LogP) is 3.49. The molecule has 0 N–H and O–H groups in total. The normalized spacial score (nSPS) is 35.8. The maximum Gasteiger partial charge on any atom is -0.0315 e. The van der Waals surface area contributed by atoms with Gasteiger partial charge in [0.05, 0.1) is 0 Å². The maximum atomic E-state index is 3.80. The molecule has 0 aromatic rings. The van der Waals surface area contributed by atoms with Crippen LogP contribution in [-0.4, -0.2) is 0 Å². The molecule has 1 saturated carbocycles. The first kappa shape index (κ1) is 8.83. The molecule has 0 amide bonds. The smallest absolute Gasteiger partial charge is 0.0315 e. The Hall–Kier alpha value is -0.260. The average molecular weight is 152 g/mol. The average Bonchev–Trinajstić information content (AvgIpc) is 2.63. The maximum absolute atomic E-state index is 3.80. The van der Waals surface area contributed by atoms with Gasteiger partial charge in [-0.2, -0.15) is 0 Å². The van der Waals surface area contributed by atoms with E-state index in [4.69, 9.17) is 0 Å². The Morgan fingerprint density at radius 2 is 2.00 bits per heavy atom. The van der Waals surface area contributed by atoms with Gasteiger partial charge in [-0.1, -0.05) is 33.3 Å². The van der Waals surface area contributed by atoms with E-state index in [1.54, 1.807) is 0 Å². The molecule has 1 aliphatic carbocycles. The highest BCUT2D eigenvalue weighted by atomic mass is 14.5. The lowest BCUT2D eigenvalue weighted by atomic mass is 10.1. The van der Waals surface area contributed by atoms with Crippen LogP contribution in [0.2, 0.25) is 0 Å². The molecule has 0 saturated heterocycles. The van der Waals surface area contributed by atoms with Crippen LogP contribution in [0.1, 0.15) is 33.6 Å². The minimum atomic E-state index is 0.880. The highest BCUT2D eigenvalue weighted by molar-refractivity contribution is 5.00. The summed E-state index contributed by atoms with van der Waals surface area (Å²) in [4.78, 5) is 0. The van der Waals surface area contributed by atoms with Crippen molar-refractivity contribution in [2.75, 3.05) is 0 Å². The summed E-state index contributed by atoms with van der Waals surface area (Å²) in [5.41, 5.74) is 0. The lowest BCUT2D eigenvalue weighted by Gasteiger charge is -2.00. The molecule has 3 atom stereocenters. The number of hydrogen-bond acceptors (Lipinski definition) is 0. The van der Waals surface area contributed by atoms with Gasteiger partial charge in [-0.05, 0) is 30.1 Å². The molecule has 1 fully saturated rings. The van der Waals surface area contributed by atoms with Gasteiger partial charge >= 0.3 is 0 Å². The fourth-order valence-corrected chi connectivity index (χ4v) is 2.56. The van der Waals surface area contributed by atoms with Gasteiger partial charge in [0.25, 0.3) is 0 Å². The van der Waals surface area contributed by atoms with Crippen molar-refractivity contribution in [1.29, 1.82) is 0 Å². The van der Waals surface area contributed by atoms with Gasteiger partial charge in [0, 0.05) is 0 Å². The van der Waals surface area contributed by atoms with E-state index in [9.17, 15) is 0 Å². The first-order chi connectivity index (χ1) is 5.22. The van der Waals surface area contributed by atoms with E-state index >= 15 is 0 Å². The Kier molecular flexibility index (Phi) is 2.75. The van der Waals surface area contributed by atoms with Crippen molar-refractivity contribution >= 4 is 0 Å². The second-order valence-corrected chi connectivity index (χ2v) is 4.08. The van der Waals surface area contributed by atoms with Crippen molar-refractivity contribution in [1.82, 2.24) is 0 Å². The number of rotatable bonds is 4. The molecule has 0 radical (unpaired) electrons. The number of allylic oxidation sites excluding steroid dienone is 1. The van der Waals surface area contributed by atoms with E-state index in [0.717, 1.165) is 23.7 Å². The molecular weight excluding hydrogens is 132 g/mol. The molecular formula is C11H20. The summed E-state index contributed by atoms with van der Waals surface area (Å²) in [6.07, 6.45) is 4.68. The Labute approximate surface area is 70.7 Å². The zero-order valence-electron chi connectivity index (χ0n) is 8.01. The lowest BCUT2D eigenvalue weighted by molar-refractivity contribution is 0.498. The van der Waals surface area contributed by atoms with Crippen molar-refractivity contribution in [2.45, 2.75) is 33.6 Å². The minimum Gasteiger partial charge on any atom is -0.103 e. The van der Waals surface area contributed by atoms with Gasteiger partial charge < -0.3 is 0 Å². The number of hydrogen-bond donors (Lipinski definition) is 0. The Morgan fingerprint density at radius 3 is 2.27 bits per heavy atom. The van der Waals surface area contributed by atoms with Crippen LogP contribution in [0.5, 0.6) is 0 Å². The molecule has 0 heterocycles. The Morgan fingerprint density at radius 1 is 1.36 bits per heavy atom. The zero-order chi connectivity index (χ0) is 8.43. The van der Waals surface area contributed by atoms with Crippen LogP contribution >= 0.6 is 0 Å². The van der Waals surface area contributed by atoms with E-state index in [1.807, 2.05) is 0 Å². The molecule has 0 bridgehead atoms. The van der Waals surface area contributed by atoms with Crippen LogP contribution in [-0.2, 0) is 0 Å². The van der Waals surface area contributed by atoms with Crippen LogP contribution in [0.4, 0.5) is 0 Å². The third kappa shape index (κ3) is 1.66. The zero-order valence-corrected chi connectivity index (χ0v) is 8.01.